The Morgan fingerprint density at radius 2 is 2.31 bits per heavy atom. The topological polar surface area (TPSA) is 93.8 Å². The number of nitrogens with one attached hydrogen (secondary N) is 1. The highest BCUT2D eigenvalue weighted by Gasteiger charge is 2.17. The van der Waals surface area contributed by atoms with Crippen LogP contribution in [0.2, 0.25) is 0 Å². The van der Waals surface area contributed by atoms with Gasteiger partial charge in [0.2, 0.25) is 0 Å². The van der Waals surface area contributed by atoms with Crippen LogP contribution in [0.5, 0.6) is 0 Å². The van der Waals surface area contributed by atoms with Crippen LogP contribution in [-0.2, 0) is 9.68 Å². The third-order valence-corrected chi connectivity index (χ3v) is 1.10. The van der Waals surface area contributed by atoms with Crippen molar-refractivity contribution in [3.05, 3.63) is 0 Å². The third-order valence-electron chi connectivity index (χ3n) is 1.10. The van der Waals surface area contributed by atoms with Crippen molar-refractivity contribution < 1.29 is 19.6 Å². The molecule has 1 amide bonds. The highest BCUT2D eigenvalue weighted by molar-refractivity contribution is 5.65. The van der Waals surface area contributed by atoms with E-state index in [2.05, 4.69) is 21.5 Å². The second-order valence-corrected chi connectivity index (χ2v) is 2.92. The lowest BCUT2D eigenvalue weighted by Gasteiger charge is -2.16. The molecule has 0 aliphatic rings. The van der Waals surface area contributed by atoms with E-state index >= 15 is 0 Å². The number of aliphatic hydroxyl groups is 1. The van der Waals surface area contributed by atoms with Crippen molar-refractivity contribution in [3.63, 3.8) is 0 Å². The maximum absolute atomic E-state index is 10.6. The molecule has 0 aromatic carbocycles. The summed E-state index contributed by atoms with van der Waals surface area (Å²) in [6.45, 7) is 3.43. The summed E-state index contributed by atoms with van der Waals surface area (Å²) in [4.78, 5) is 14.5. The number of hydrogen-bond acceptors (Lipinski definition) is 5. The Labute approximate surface area is 75.9 Å². The molecule has 0 bridgehead atoms. The number of aliphatic hydroxyl groups excluding tert-OH is 1. The van der Waals surface area contributed by atoms with Crippen LogP contribution >= 0.6 is 0 Å². The maximum atomic E-state index is 10.6. The van der Waals surface area contributed by atoms with E-state index in [1.807, 2.05) is 0 Å². The van der Waals surface area contributed by atoms with Gasteiger partial charge >= 0.3 is 6.09 Å². The van der Waals surface area contributed by atoms with Gasteiger partial charge in [0.1, 0.15) is 12.7 Å². The Morgan fingerprint density at radius 3 is 2.77 bits per heavy atom. The number of amides is 1. The zero-order chi connectivity index (χ0) is 10.3. The second kappa shape index (κ2) is 5.24. The lowest BCUT2D eigenvalue weighted by Crippen LogP contribution is -2.30. The van der Waals surface area contributed by atoms with Gasteiger partial charge in [-0.1, -0.05) is 5.92 Å². The van der Waals surface area contributed by atoms with Gasteiger partial charge in [0.15, 0.2) is 0 Å². The number of nitrogens with two attached hydrogens (primary N) is 1. The van der Waals surface area contributed by atoms with Gasteiger partial charge in [-0.3, -0.25) is 0 Å². The first-order valence-electron chi connectivity index (χ1n) is 3.46. The summed E-state index contributed by atoms with van der Waals surface area (Å²) < 4.78 is 4.63. The summed E-state index contributed by atoms with van der Waals surface area (Å²) in [5, 5.41) is 8.31. The van der Waals surface area contributed by atoms with Crippen molar-refractivity contribution in [1.82, 2.24) is 5.48 Å². The summed E-state index contributed by atoms with van der Waals surface area (Å²) in [6, 6.07) is 0. The van der Waals surface area contributed by atoms with Crippen molar-refractivity contribution >= 4 is 6.09 Å². The van der Waals surface area contributed by atoms with Crippen molar-refractivity contribution in [2.75, 3.05) is 6.61 Å². The molecule has 6 nitrogen and oxygen atoms in total. The van der Waals surface area contributed by atoms with E-state index in [0.717, 1.165) is 0 Å². The SMILES string of the molecule is CC(C)(C#CO)COC(=O)NON. The van der Waals surface area contributed by atoms with E-state index in [1.165, 1.54) is 0 Å². The van der Waals surface area contributed by atoms with Gasteiger partial charge in [-0.25, -0.2) is 4.79 Å². The van der Waals surface area contributed by atoms with E-state index < -0.39 is 11.5 Å². The number of ether oxygens (including phenoxy) is 1. The van der Waals surface area contributed by atoms with Crippen LogP contribution in [0.1, 0.15) is 13.8 Å². The molecule has 0 saturated heterocycles. The normalized spacial score (nSPS) is 9.77. The summed E-state index contributed by atoms with van der Waals surface area (Å²) in [7, 11) is 0. The van der Waals surface area contributed by atoms with Crippen molar-refractivity contribution in [3.8, 4) is 12.0 Å². The average molecular weight is 188 g/mol. The van der Waals surface area contributed by atoms with Gasteiger partial charge in [-0.05, 0) is 13.8 Å². The second-order valence-electron chi connectivity index (χ2n) is 2.92. The molecule has 6 heteroatoms. The highest BCUT2D eigenvalue weighted by Crippen LogP contribution is 2.13. The zero-order valence-electron chi connectivity index (χ0n) is 7.46. The molecule has 0 spiro atoms. The Kier molecular flexibility index (Phi) is 4.66. The number of carbonyl (C=O) groups excluding carboxylic acids is 1. The van der Waals surface area contributed by atoms with Crippen LogP contribution in [-0.4, -0.2) is 17.8 Å². The van der Waals surface area contributed by atoms with E-state index in [-0.39, 0.29) is 6.61 Å². The van der Waals surface area contributed by atoms with Gasteiger partial charge in [0, 0.05) is 0 Å². The molecule has 0 heterocycles. The number of rotatable bonds is 3. The Morgan fingerprint density at radius 1 is 1.69 bits per heavy atom. The Bertz CT molecular complexity index is 228. The van der Waals surface area contributed by atoms with E-state index in [1.54, 1.807) is 25.4 Å². The molecular formula is C7H12N2O4. The van der Waals surface area contributed by atoms with Crippen LogP contribution in [0, 0.1) is 17.4 Å². The van der Waals surface area contributed by atoms with Crippen molar-refractivity contribution in [2.24, 2.45) is 11.3 Å². The first-order chi connectivity index (χ1) is 6.02. The molecule has 0 radical (unpaired) electrons. The Hall–Kier alpha value is -1.45. The van der Waals surface area contributed by atoms with E-state index in [0.29, 0.717) is 0 Å². The third kappa shape index (κ3) is 5.78. The standard InChI is InChI=1S/C7H12N2O4/c1-7(2,3-4-10)5-12-6(11)9-13-8/h10H,5,8H2,1-2H3,(H,9,11). The first kappa shape index (κ1) is 11.6. The molecule has 0 saturated carbocycles. The summed E-state index contributed by atoms with van der Waals surface area (Å²) in [5.74, 6) is 7.00. The molecule has 0 aromatic rings. The lowest BCUT2D eigenvalue weighted by atomic mass is 9.96. The predicted molar refractivity (Wildman–Crippen MR) is 43.2 cm³/mol. The average Bonchev–Trinajstić information content (AvgIpc) is 2.02. The minimum Gasteiger partial charge on any atom is -0.462 e. The highest BCUT2D eigenvalue weighted by atomic mass is 16.8. The van der Waals surface area contributed by atoms with Gasteiger partial charge < -0.3 is 9.84 Å². The molecule has 4 N–H and O–H groups in total. The minimum absolute atomic E-state index is 0.0236. The monoisotopic (exact) mass is 188 g/mol. The quantitative estimate of drug-likeness (QED) is 0.424. The fourth-order valence-corrected chi connectivity index (χ4v) is 0.511. The Balaban J connectivity index is 3.85. The largest absolute Gasteiger partial charge is 0.462 e. The number of carbonyl (C=O) groups is 1. The fraction of sp³-hybridized carbons (Fsp3) is 0.571. The molecule has 0 aliphatic carbocycles. The smallest absolute Gasteiger partial charge is 0.432 e. The molecule has 0 fully saturated rings. The summed E-state index contributed by atoms with van der Waals surface area (Å²) >= 11 is 0. The first-order valence-corrected chi connectivity index (χ1v) is 3.46. The van der Waals surface area contributed by atoms with E-state index in [9.17, 15) is 4.79 Å². The van der Waals surface area contributed by atoms with E-state index in [4.69, 9.17) is 5.11 Å². The molecule has 0 aliphatic heterocycles. The predicted octanol–water partition coefficient (Wildman–Crippen LogP) is -0.122. The van der Waals surface area contributed by atoms with Gasteiger partial charge in [-0.2, -0.15) is 16.3 Å². The summed E-state index contributed by atoms with van der Waals surface area (Å²) in [6.07, 6.45) is 0.936. The number of hydroxylamine groups is 1. The minimum atomic E-state index is -0.810. The lowest BCUT2D eigenvalue weighted by molar-refractivity contribution is 0.0203. The summed E-state index contributed by atoms with van der Waals surface area (Å²) in [5.41, 5.74) is 1.16. The number of hydrogen-bond donors (Lipinski definition) is 3. The van der Waals surface area contributed by atoms with Crippen LogP contribution in [0.15, 0.2) is 0 Å². The molecule has 0 rings (SSSR count). The van der Waals surface area contributed by atoms with Crippen molar-refractivity contribution in [1.29, 1.82) is 0 Å². The van der Waals surface area contributed by atoms with Gasteiger partial charge in [-0.15, -0.1) is 0 Å². The van der Waals surface area contributed by atoms with Gasteiger partial charge in [0.05, 0.1) is 5.41 Å². The molecule has 0 atom stereocenters. The molecule has 74 valence electrons. The van der Waals surface area contributed by atoms with Crippen LogP contribution in [0.4, 0.5) is 4.79 Å². The van der Waals surface area contributed by atoms with Gasteiger partial charge in [0.25, 0.3) is 0 Å². The molecule has 0 unspecified atom stereocenters. The maximum Gasteiger partial charge on any atom is 0.432 e. The van der Waals surface area contributed by atoms with Crippen LogP contribution in [0.3, 0.4) is 0 Å². The molecule has 13 heavy (non-hydrogen) atoms. The molecular weight excluding hydrogens is 176 g/mol. The van der Waals surface area contributed by atoms with Crippen molar-refractivity contribution in [2.45, 2.75) is 13.8 Å². The van der Waals surface area contributed by atoms with Crippen LogP contribution in [0.25, 0.3) is 0 Å². The van der Waals surface area contributed by atoms with Crippen LogP contribution < -0.4 is 11.4 Å². The fourth-order valence-electron chi connectivity index (χ4n) is 0.511. The zero-order valence-corrected chi connectivity index (χ0v) is 7.46. The molecule has 0 aromatic heterocycles.